The third kappa shape index (κ3) is 3.49. The fraction of sp³-hybridized carbons (Fsp3) is 0.364. The average molecular weight is 547 g/mol. The van der Waals surface area contributed by atoms with Crippen molar-refractivity contribution in [3.63, 3.8) is 0 Å². The van der Waals surface area contributed by atoms with Crippen LogP contribution < -0.4 is 10.6 Å². The Morgan fingerprint density at radius 1 is 1.27 bits per heavy atom. The quantitative estimate of drug-likeness (QED) is 0.462. The molecule has 3 atom stereocenters. The van der Waals surface area contributed by atoms with E-state index in [1.54, 1.807) is 12.1 Å². The maximum Gasteiger partial charge on any atom is 0.396 e. The van der Waals surface area contributed by atoms with E-state index in [1.807, 2.05) is 0 Å². The van der Waals surface area contributed by atoms with Crippen LogP contribution in [-0.4, -0.2) is 36.1 Å². The third-order valence-electron chi connectivity index (χ3n) is 6.95. The van der Waals surface area contributed by atoms with Gasteiger partial charge in [-0.25, -0.2) is 9.18 Å². The zero-order chi connectivity index (χ0) is 23.7. The van der Waals surface area contributed by atoms with Crippen LogP contribution in [0.5, 0.6) is 0 Å². The summed E-state index contributed by atoms with van der Waals surface area (Å²) in [5, 5.41) is 5.64. The molecule has 5 nitrogen and oxygen atoms in total. The highest BCUT2D eigenvalue weighted by atomic mass is 79.9. The van der Waals surface area contributed by atoms with E-state index in [1.165, 1.54) is 23.1 Å². The molecule has 2 fully saturated rings. The van der Waals surface area contributed by atoms with E-state index in [4.69, 9.17) is 11.6 Å². The number of halogens is 6. The number of urea groups is 1. The molecule has 0 bridgehead atoms. The number of fused-ring (bicyclic) bond motifs is 2. The molecule has 3 aliphatic rings. The van der Waals surface area contributed by atoms with Crippen LogP contribution in [0.15, 0.2) is 34.8 Å². The molecule has 33 heavy (non-hydrogen) atoms. The molecule has 1 aliphatic carbocycles. The van der Waals surface area contributed by atoms with Crippen LogP contribution in [0.4, 0.5) is 28.0 Å². The summed E-state index contributed by atoms with van der Waals surface area (Å²) in [5.41, 5.74) is -0.696. The van der Waals surface area contributed by atoms with Gasteiger partial charge in [-0.3, -0.25) is 4.79 Å². The Balaban J connectivity index is 1.48. The van der Waals surface area contributed by atoms with E-state index >= 15 is 0 Å². The number of anilines is 1. The molecule has 2 N–H and O–H groups in total. The largest absolute Gasteiger partial charge is 0.396 e. The second kappa shape index (κ2) is 7.59. The molecule has 174 valence electrons. The minimum Gasteiger partial charge on any atom is -0.341 e. The number of benzene rings is 2. The number of nitrogens with one attached hydrogen (secondary N) is 2. The standard InChI is InChI=1S/C22H17BrClF4N3O2/c23-11-5-14-17(18(30-19(14)32)13-7-12(25)1-2-15(13)24)16(6-11)29-20(33)31-8-10-3-4-21(10,9-31)22(26,27)28/h1-2,5-7,10,18H,3-4,8-9H2,(H,29,33)(H,30,32). The van der Waals surface area contributed by atoms with Gasteiger partial charge in [0.15, 0.2) is 0 Å². The van der Waals surface area contributed by atoms with Crippen molar-refractivity contribution in [3.05, 3.63) is 62.3 Å². The average Bonchev–Trinajstić information content (AvgIpc) is 3.18. The van der Waals surface area contributed by atoms with Crippen LogP contribution in [-0.2, 0) is 0 Å². The molecule has 0 spiro atoms. The van der Waals surface area contributed by atoms with Gasteiger partial charge >= 0.3 is 12.2 Å². The van der Waals surface area contributed by atoms with Gasteiger partial charge in [0.2, 0.25) is 0 Å². The highest BCUT2D eigenvalue weighted by Gasteiger charge is 2.68. The van der Waals surface area contributed by atoms with E-state index in [9.17, 15) is 27.2 Å². The first-order valence-corrected chi connectivity index (χ1v) is 11.4. The van der Waals surface area contributed by atoms with Gasteiger partial charge in [-0.05, 0) is 49.1 Å². The molecule has 0 radical (unpaired) electrons. The zero-order valence-corrected chi connectivity index (χ0v) is 19.2. The number of rotatable bonds is 2. The number of nitrogens with zero attached hydrogens (tertiary/aromatic N) is 1. The highest BCUT2D eigenvalue weighted by Crippen LogP contribution is 2.60. The van der Waals surface area contributed by atoms with Crippen LogP contribution in [0, 0.1) is 17.2 Å². The second-order valence-electron chi connectivity index (χ2n) is 8.69. The van der Waals surface area contributed by atoms with E-state index < -0.39 is 47.9 Å². The maximum absolute atomic E-state index is 13.9. The smallest absolute Gasteiger partial charge is 0.341 e. The SMILES string of the molecule is O=C1NC(c2cc(F)ccc2Cl)c2c(NC(=O)N3CC4CCC4(C(F)(F)F)C3)cc(Br)cc21. The van der Waals surface area contributed by atoms with Crippen molar-refractivity contribution in [1.82, 2.24) is 10.2 Å². The first-order valence-electron chi connectivity index (χ1n) is 10.2. The van der Waals surface area contributed by atoms with Gasteiger partial charge in [0.1, 0.15) is 5.82 Å². The van der Waals surface area contributed by atoms with Gasteiger partial charge in [0, 0.05) is 45.0 Å². The number of carbonyl (C=O) groups is 2. The molecular weight excluding hydrogens is 530 g/mol. The minimum atomic E-state index is -4.38. The Morgan fingerprint density at radius 3 is 2.67 bits per heavy atom. The number of alkyl halides is 3. The predicted octanol–water partition coefficient (Wildman–Crippen LogP) is 5.88. The number of hydrogen-bond donors (Lipinski definition) is 2. The van der Waals surface area contributed by atoms with Crippen molar-refractivity contribution in [1.29, 1.82) is 0 Å². The van der Waals surface area contributed by atoms with Crippen molar-refractivity contribution in [3.8, 4) is 0 Å². The number of amides is 3. The van der Waals surface area contributed by atoms with Gasteiger partial charge in [-0.1, -0.05) is 27.5 Å². The number of carbonyl (C=O) groups excluding carboxylic acids is 2. The van der Waals surface area contributed by atoms with E-state index in [2.05, 4.69) is 26.6 Å². The van der Waals surface area contributed by atoms with Crippen molar-refractivity contribution in [2.24, 2.45) is 11.3 Å². The van der Waals surface area contributed by atoms with Gasteiger partial charge in [-0.2, -0.15) is 13.2 Å². The molecule has 11 heteroatoms. The minimum absolute atomic E-state index is 0.00972. The van der Waals surface area contributed by atoms with Gasteiger partial charge in [-0.15, -0.1) is 0 Å². The number of likely N-dealkylation sites (tertiary alicyclic amines) is 1. The molecular formula is C22H17BrClF4N3O2. The third-order valence-corrected chi connectivity index (χ3v) is 7.75. The Hall–Kier alpha value is -2.33. The molecule has 3 amide bonds. The lowest BCUT2D eigenvalue weighted by Gasteiger charge is -2.44. The van der Waals surface area contributed by atoms with Gasteiger partial charge in [0.05, 0.1) is 11.5 Å². The van der Waals surface area contributed by atoms with Crippen LogP contribution >= 0.6 is 27.5 Å². The number of hydrogen-bond acceptors (Lipinski definition) is 2. The summed E-state index contributed by atoms with van der Waals surface area (Å²) >= 11 is 9.55. The Bertz CT molecular complexity index is 1190. The molecule has 0 aromatic heterocycles. The summed E-state index contributed by atoms with van der Waals surface area (Å²) in [6.45, 7) is -0.391. The summed E-state index contributed by atoms with van der Waals surface area (Å²) in [4.78, 5) is 26.8. The highest BCUT2D eigenvalue weighted by molar-refractivity contribution is 9.10. The zero-order valence-electron chi connectivity index (χ0n) is 16.9. The molecule has 2 aromatic carbocycles. The molecule has 1 saturated heterocycles. The predicted molar refractivity (Wildman–Crippen MR) is 117 cm³/mol. The lowest BCUT2D eigenvalue weighted by Crippen LogP contribution is -2.51. The van der Waals surface area contributed by atoms with E-state index in [0.29, 0.717) is 22.0 Å². The van der Waals surface area contributed by atoms with Gasteiger partial charge in [0.25, 0.3) is 5.91 Å². The summed E-state index contributed by atoms with van der Waals surface area (Å²) in [6.07, 6.45) is -3.94. The van der Waals surface area contributed by atoms with Crippen molar-refractivity contribution < 1.29 is 27.2 Å². The fourth-order valence-corrected chi connectivity index (χ4v) is 5.81. The normalized spacial score (nSPS) is 25.9. The molecule has 5 rings (SSSR count). The lowest BCUT2D eigenvalue weighted by molar-refractivity contribution is -0.259. The first-order chi connectivity index (χ1) is 15.5. The lowest BCUT2D eigenvalue weighted by atomic mass is 9.61. The molecule has 2 aliphatic heterocycles. The second-order valence-corrected chi connectivity index (χ2v) is 10.0. The van der Waals surface area contributed by atoms with Crippen LogP contribution in [0.1, 0.15) is 40.4 Å². The molecule has 2 aromatic rings. The molecule has 2 heterocycles. The Morgan fingerprint density at radius 2 is 2.03 bits per heavy atom. The van der Waals surface area contributed by atoms with Crippen molar-refractivity contribution in [2.45, 2.75) is 25.1 Å². The molecule has 1 saturated carbocycles. The summed E-state index contributed by atoms with van der Waals surface area (Å²) in [7, 11) is 0. The summed E-state index contributed by atoms with van der Waals surface area (Å²) in [5.74, 6) is -1.61. The van der Waals surface area contributed by atoms with Crippen LogP contribution in [0.3, 0.4) is 0 Å². The maximum atomic E-state index is 13.9. The van der Waals surface area contributed by atoms with E-state index in [0.717, 1.165) is 0 Å². The van der Waals surface area contributed by atoms with Crippen LogP contribution in [0.25, 0.3) is 0 Å². The monoisotopic (exact) mass is 545 g/mol. The topological polar surface area (TPSA) is 61.4 Å². The Kier molecular flexibility index (Phi) is 5.17. The fourth-order valence-electron chi connectivity index (χ4n) is 5.12. The van der Waals surface area contributed by atoms with Crippen molar-refractivity contribution >= 4 is 45.2 Å². The van der Waals surface area contributed by atoms with Gasteiger partial charge < -0.3 is 15.5 Å². The Labute approximate surface area is 199 Å². The summed E-state index contributed by atoms with van der Waals surface area (Å²) in [6, 6.07) is 5.34. The summed E-state index contributed by atoms with van der Waals surface area (Å²) < 4.78 is 55.3. The first kappa shape index (κ1) is 22.5. The van der Waals surface area contributed by atoms with Crippen molar-refractivity contribution in [2.75, 3.05) is 18.4 Å². The molecule has 3 unspecified atom stereocenters. The van der Waals surface area contributed by atoms with E-state index in [-0.39, 0.29) is 29.2 Å². The van der Waals surface area contributed by atoms with Crippen LogP contribution in [0.2, 0.25) is 5.02 Å².